The predicted octanol–water partition coefficient (Wildman–Crippen LogP) is 1.93. The molecule has 2 heterocycles. The van der Waals surface area contributed by atoms with Crippen molar-refractivity contribution in [2.75, 3.05) is 19.0 Å². The molecule has 2 aromatic heterocycles. The maximum atomic E-state index is 12.7. The number of nitrogens with zero attached hydrogens (tertiary/aromatic N) is 4. The summed E-state index contributed by atoms with van der Waals surface area (Å²) in [6.45, 7) is 2.63. The normalized spacial score (nSPS) is 10.9. The average molecular weight is 371 g/mol. The van der Waals surface area contributed by atoms with Gasteiger partial charge in [0.25, 0.3) is 5.56 Å². The van der Waals surface area contributed by atoms with Crippen molar-refractivity contribution < 1.29 is 4.79 Å². The van der Waals surface area contributed by atoms with E-state index in [-0.39, 0.29) is 17.9 Å². The molecule has 0 radical (unpaired) electrons. The molecule has 0 spiro atoms. The Morgan fingerprint density at radius 1 is 1.27 bits per heavy atom. The van der Waals surface area contributed by atoms with Gasteiger partial charge in [0.1, 0.15) is 5.01 Å². The minimum Gasteiger partial charge on any atom is -0.358 e. The smallest absolute Gasteiger partial charge is 0.293 e. The Hall–Kier alpha value is -2.74. The van der Waals surface area contributed by atoms with Crippen LogP contribution >= 0.6 is 11.3 Å². The third-order valence-electron chi connectivity index (χ3n) is 3.92. The second-order valence-electron chi connectivity index (χ2n) is 6.18. The summed E-state index contributed by atoms with van der Waals surface area (Å²) in [6, 6.07) is 7.45. The molecular formula is C18H21N5O2S. The summed E-state index contributed by atoms with van der Waals surface area (Å²) in [6.07, 6.45) is 0.213. The van der Waals surface area contributed by atoms with E-state index in [1.807, 2.05) is 36.6 Å². The second-order valence-corrected chi connectivity index (χ2v) is 7.13. The van der Waals surface area contributed by atoms with Crippen molar-refractivity contribution in [3.8, 4) is 0 Å². The van der Waals surface area contributed by atoms with Crippen molar-refractivity contribution in [2.24, 2.45) is 0 Å². The molecule has 136 valence electrons. The lowest BCUT2D eigenvalue weighted by Crippen LogP contribution is -2.31. The number of carbonyl (C=O) groups is 1. The largest absolute Gasteiger partial charge is 0.358 e. The molecule has 0 aliphatic heterocycles. The number of para-hydroxylation sites is 2. The van der Waals surface area contributed by atoms with Crippen LogP contribution in [0.4, 0.5) is 5.82 Å². The average Bonchev–Trinajstić information content (AvgIpc) is 3.04. The number of nitrogens with one attached hydrogen (secondary N) is 1. The number of hydrogen-bond acceptors (Lipinski definition) is 6. The van der Waals surface area contributed by atoms with E-state index in [4.69, 9.17) is 0 Å². The molecular weight excluding hydrogens is 350 g/mol. The maximum absolute atomic E-state index is 12.7. The van der Waals surface area contributed by atoms with Gasteiger partial charge in [-0.25, -0.2) is 9.97 Å². The first-order chi connectivity index (χ1) is 12.5. The lowest BCUT2D eigenvalue weighted by Gasteiger charge is -2.16. The fourth-order valence-corrected chi connectivity index (χ4v) is 3.36. The van der Waals surface area contributed by atoms with Crippen LogP contribution in [0, 0.1) is 6.92 Å². The third-order valence-corrected chi connectivity index (χ3v) is 4.89. The molecule has 7 nitrogen and oxygen atoms in total. The van der Waals surface area contributed by atoms with Crippen LogP contribution in [0.3, 0.4) is 0 Å². The van der Waals surface area contributed by atoms with Gasteiger partial charge in [-0.1, -0.05) is 12.1 Å². The van der Waals surface area contributed by atoms with Gasteiger partial charge in [0.05, 0.1) is 17.6 Å². The number of anilines is 1. The molecule has 0 aliphatic rings. The summed E-state index contributed by atoms with van der Waals surface area (Å²) < 4.78 is 1.62. The lowest BCUT2D eigenvalue weighted by molar-refractivity contribution is -0.121. The van der Waals surface area contributed by atoms with E-state index in [9.17, 15) is 9.59 Å². The molecule has 3 aromatic rings. The van der Waals surface area contributed by atoms with Crippen molar-refractivity contribution >= 4 is 34.1 Å². The first kappa shape index (κ1) is 18.1. The van der Waals surface area contributed by atoms with E-state index in [2.05, 4.69) is 15.3 Å². The number of aryl methyl sites for hydroxylation is 2. The van der Waals surface area contributed by atoms with Gasteiger partial charge >= 0.3 is 0 Å². The van der Waals surface area contributed by atoms with Crippen molar-refractivity contribution in [1.29, 1.82) is 0 Å². The Balaban J connectivity index is 1.76. The molecule has 26 heavy (non-hydrogen) atoms. The zero-order valence-corrected chi connectivity index (χ0v) is 15.8. The second kappa shape index (κ2) is 7.65. The van der Waals surface area contributed by atoms with Gasteiger partial charge in [-0.15, -0.1) is 11.3 Å². The first-order valence-corrected chi connectivity index (χ1v) is 9.18. The van der Waals surface area contributed by atoms with E-state index < -0.39 is 0 Å². The Labute approximate surface area is 155 Å². The summed E-state index contributed by atoms with van der Waals surface area (Å²) >= 11 is 1.52. The van der Waals surface area contributed by atoms with Crippen molar-refractivity contribution in [2.45, 2.75) is 26.4 Å². The molecule has 8 heteroatoms. The van der Waals surface area contributed by atoms with E-state index in [0.717, 1.165) is 21.7 Å². The summed E-state index contributed by atoms with van der Waals surface area (Å²) in [4.78, 5) is 35.4. The van der Waals surface area contributed by atoms with Crippen molar-refractivity contribution in [3.63, 3.8) is 0 Å². The maximum Gasteiger partial charge on any atom is 0.293 e. The molecule has 0 unspecified atom stereocenters. The Bertz CT molecular complexity index is 993. The van der Waals surface area contributed by atoms with E-state index >= 15 is 0 Å². The Morgan fingerprint density at radius 3 is 2.73 bits per heavy atom. The Kier molecular flexibility index (Phi) is 5.32. The van der Waals surface area contributed by atoms with Gasteiger partial charge in [0.15, 0.2) is 5.82 Å². The molecule has 0 saturated carbocycles. The van der Waals surface area contributed by atoms with Crippen LogP contribution in [0.5, 0.6) is 0 Å². The van der Waals surface area contributed by atoms with Gasteiger partial charge in [0.2, 0.25) is 5.91 Å². The summed E-state index contributed by atoms with van der Waals surface area (Å²) in [5, 5.41) is 5.68. The standard InChI is InChI=1S/C18H21N5O2S/c1-12-11-26-16(20-12)10-19-15(24)8-9-23-14-7-5-4-6-13(14)21-17(18(23)25)22(2)3/h4-7,11H,8-10H2,1-3H3,(H,19,24). The lowest BCUT2D eigenvalue weighted by atomic mass is 10.2. The number of thiazole rings is 1. The summed E-state index contributed by atoms with van der Waals surface area (Å²) in [5.74, 6) is 0.249. The topological polar surface area (TPSA) is 80.1 Å². The van der Waals surface area contributed by atoms with Crippen LogP contribution in [0.1, 0.15) is 17.1 Å². The van der Waals surface area contributed by atoms with Crippen LogP contribution in [0.25, 0.3) is 11.0 Å². The highest BCUT2D eigenvalue weighted by molar-refractivity contribution is 7.09. The molecule has 0 saturated heterocycles. The number of hydrogen-bond donors (Lipinski definition) is 1. The molecule has 1 N–H and O–H groups in total. The number of rotatable bonds is 6. The Morgan fingerprint density at radius 2 is 2.04 bits per heavy atom. The molecule has 0 fully saturated rings. The van der Waals surface area contributed by atoms with Crippen molar-refractivity contribution in [1.82, 2.24) is 19.9 Å². The molecule has 0 atom stereocenters. The fraction of sp³-hybridized carbons (Fsp3) is 0.333. The number of carbonyl (C=O) groups excluding carboxylic acids is 1. The first-order valence-electron chi connectivity index (χ1n) is 8.30. The molecule has 0 bridgehead atoms. The van der Waals surface area contributed by atoms with Gasteiger partial charge in [0, 0.05) is 38.1 Å². The van der Waals surface area contributed by atoms with Gasteiger partial charge in [-0.3, -0.25) is 9.59 Å². The minimum absolute atomic E-state index is 0.114. The van der Waals surface area contributed by atoms with Crippen LogP contribution < -0.4 is 15.8 Å². The van der Waals surface area contributed by atoms with Crippen LogP contribution in [-0.4, -0.2) is 34.5 Å². The SMILES string of the molecule is Cc1csc(CNC(=O)CCn2c(=O)c(N(C)C)nc3ccccc32)n1. The molecule has 1 amide bonds. The number of amides is 1. The van der Waals surface area contributed by atoms with E-state index in [1.165, 1.54) is 11.3 Å². The van der Waals surface area contributed by atoms with Crippen molar-refractivity contribution in [3.05, 3.63) is 50.7 Å². The zero-order chi connectivity index (χ0) is 18.7. The minimum atomic E-state index is -0.197. The number of benzene rings is 1. The zero-order valence-electron chi connectivity index (χ0n) is 15.0. The predicted molar refractivity (Wildman–Crippen MR) is 104 cm³/mol. The number of fused-ring (bicyclic) bond motifs is 1. The highest BCUT2D eigenvalue weighted by Gasteiger charge is 2.13. The van der Waals surface area contributed by atoms with Gasteiger partial charge in [-0.2, -0.15) is 0 Å². The summed E-state index contributed by atoms with van der Waals surface area (Å²) in [7, 11) is 3.57. The van der Waals surface area contributed by atoms with Gasteiger partial charge < -0.3 is 14.8 Å². The monoisotopic (exact) mass is 371 g/mol. The van der Waals surface area contributed by atoms with E-state index in [0.29, 0.717) is 18.9 Å². The number of aromatic nitrogens is 3. The van der Waals surface area contributed by atoms with Crippen LogP contribution in [-0.2, 0) is 17.9 Å². The molecule has 1 aromatic carbocycles. The molecule has 3 rings (SSSR count). The van der Waals surface area contributed by atoms with E-state index in [1.54, 1.807) is 23.6 Å². The van der Waals surface area contributed by atoms with Crippen LogP contribution in [0.2, 0.25) is 0 Å². The van der Waals surface area contributed by atoms with Crippen LogP contribution in [0.15, 0.2) is 34.4 Å². The quantitative estimate of drug-likeness (QED) is 0.716. The highest BCUT2D eigenvalue weighted by Crippen LogP contribution is 2.13. The fourth-order valence-electron chi connectivity index (χ4n) is 2.65. The van der Waals surface area contributed by atoms with Gasteiger partial charge in [-0.05, 0) is 19.1 Å². The summed E-state index contributed by atoms with van der Waals surface area (Å²) in [5.41, 5.74) is 2.21. The molecule has 0 aliphatic carbocycles. The third kappa shape index (κ3) is 3.91. The highest BCUT2D eigenvalue weighted by atomic mass is 32.1.